The van der Waals surface area contributed by atoms with Crippen molar-refractivity contribution in [3.05, 3.63) is 62.9 Å². The van der Waals surface area contributed by atoms with Crippen molar-refractivity contribution >= 4 is 11.6 Å². The molecular weight excluding hydrogens is 270 g/mol. The van der Waals surface area contributed by atoms with Crippen molar-refractivity contribution in [3.8, 4) is 0 Å². The van der Waals surface area contributed by atoms with Crippen molar-refractivity contribution in [2.24, 2.45) is 0 Å². The first-order chi connectivity index (χ1) is 10.1. The highest BCUT2D eigenvalue weighted by molar-refractivity contribution is 5.96. The molecule has 0 spiro atoms. The zero-order chi connectivity index (χ0) is 15.0. The Morgan fingerprint density at radius 2 is 2.05 bits per heavy atom. The smallest absolute Gasteiger partial charge is 0.314 e. The molecule has 108 valence electrons. The van der Waals surface area contributed by atoms with E-state index in [1.54, 1.807) is 4.90 Å². The summed E-state index contributed by atoms with van der Waals surface area (Å²) >= 11 is 0. The number of hydrogen-bond acceptors (Lipinski definition) is 3. The van der Waals surface area contributed by atoms with Crippen LogP contribution in [-0.4, -0.2) is 21.5 Å². The van der Waals surface area contributed by atoms with Gasteiger partial charge in [0.15, 0.2) is 0 Å². The van der Waals surface area contributed by atoms with Crippen molar-refractivity contribution in [1.29, 1.82) is 0 Å². The van der Waals surface area contributed by atoms with Gasteiger partial charge in [0, 0.05) is 24.0 Å². The summed E-state index contributed by atoms with van der Waals surface area (Å²) in [5.41, 5.74) is 0.909. The molecule has 1 N–H and O–H groups in total. The highest BCUT2D eigenvalue weighted by atomic mass is 16.2. The Kier molecular flexibility index (Phi) is 3.21. The molecule has 0 radical (unpaired) electrons. The van der Waals surface area contributed by atoms with Gasteiger partial charge in [0.25, 0.3) is 5.56 Å². The van der Waals surface area contributed by atoms with Crippen molar-refractivity contribution < 1.29 is 4.79 Å². The molecule has 1 aromatic heterocycles. The number of para-hydroxylation sites is 1. The van der Waals surface area contributed by atoms with Crippen molar-refractivity contribution in [3.63, 3.8) is 0 Å². The fraction of sp³-hybridized carbons (Fsp3) is 0.267. The summed E-state index contributed by atoms with van der Waals surface area (Å²) in [7, 11) is 0. The Balaban J connectivity index is 1.93. The number of nitrogens with zero attached hydrogens (tertiary/aromatic N) is 2. The second-order valence-corrected chi connectivity index (χ2v) is 5.15. The molecule has 0 saturated carbocycles. The molecule has 1 aliphatic heterocycles. The number of H-pyrrole nitrogens is 1. The van der Waals surface area contributed by atoms with Gasteiger partial charge in [0.05, 0.1) is 0 Å². The molecule has 2 aromatic rings. The number of benzene rings is 1. The van der Waals surface area contributed by atoms with Crippen LogP contribution in [0.1, 0.15) is 12.5 Å². The Morgan fingerprint density at radius 3 is 2.81 bits per heavy atom. The monoisotopic (exact) mass is 285 g/mol. The third-order valence-corrected chi connectivity index (χ3v) is 3.71. The summed E-state index contributed by atoms with van der Waals surface area (Å²) < 4.78 is 0.913. The summed E-state index contributed by atoms with van der Waals surface area (Å²) in [4.78, 5) is 39.9. The van der Waals surface area contributed by atoms with Gasteiger partial charge >= 0.3 is 5.69 Å². The molecule has 2 heterocycles. The number of anilines is 1. The number of hydrogen-bond donors (Lipinski definition) is 1. The Labute approximate surface area is 120 Å². The third-order valence-electron chi connectivity index (χ3n) is 3.71. The number of aromatic nitrogens is 2. The lowest BCUT2D eigenvalue weighted by Gasteiger charge is -2.22. The Hall–Kier alpha value is -2.63. The van der Waals surface area contributed by atoms with Crippen LogP contribution in [0.5, 0.6) is 0 Å². The first-order valence-corrected chi connectivity index (χ1v) is 6.76. The highest BCUT2D eigenvalue weighted by Crippen LogP contribution is 2.31. The molecule has 21 heavy (non-hydrogen) atoms. The molecular formula is C15H15N3O3. The van der Waals surface area contributed by atoms with E-state index in [0.29, 0.717) is 0 Å². The second-order valence-electron chi connectivity index (χ2n) is 5.15. The van der Waals surface area contributed by atoms with Gasteiger partial charge in [0.1, 0.15) is 6.54 Å². The summed E-state index contributed by atoms with van der Waals surface area (Å²) in [5, 5.41) is 0. The fourth-order valence-electron chi connectivity index (χ4n) is 2.76. The summed E-state index contributed by atoms with van der Waals surface area (Å²) in [6.07, 6.45) is 2.06. The zero-order valence-corrected chi connectivity index (χ0v) is 11.6. The lowest BCUT2D eigenvalue weighted by molar-refractivity contribution is -0.119. The number of aromatic amines is 1. The quantitative estimate of drug-likeness (QED) is 0.873. The normalized spacial score (nSPS) is 16.8. The molecule has 1 amide bonds. The van der Waals surface area contributed by atoms with Gasteiger partial charge in [-0.15, -0.1) is 0 Å². The number of fused-ring (bicyclic) bond motifs is 1. The van der Waals surface area contributed by atoms with E-state index in [0.717, 1.165) is 22.2 Å². The van der Waals surface area contributed by atoms with E-state index in [-0.39, 0.29) is 18.5 Å². The second kappa shape index (κ2) is 5.05. The predicted octanol–water partition coefficient (Wildman–Crippen LogP) is 0.514. The van der Waals surface area contributed by atoms with E-state index < -0.39 is 11.2 Å². The van der Waals surface area contributed by atoms with E-state index in [1.807, 2.05) is 31.2 Å². The minimum Gasteiger partial charge on any atom is -0.314 e. The first-order valence-electron chi connectivity index (χ1n) is 6.76. The van der Waals surface area contributed by atoms with Crippen LogP contribution < -0.4 is 16.1 Å². The van der Waals surface area contributed by atoms with Gasteiger partial charge in [-0.2, -0.15) is 0 Å². The Morgan fingerprint density at radius 1 is 1.29 bits per heavy atom. The van der Waals surface area contributed by atoms with Crippen molar-refractivity contribution in [2.45, 2.75) is 25.9 Å². The SMILES string of the molecule is C[C@H]1Cc2ccccc2N1C(=O)Cn1c(=O)cc[nH]c1=O. The molecule has 0 bridgehead atoms. The van der Waals surface area contributed by atoms with Gasteiger partial charge in [-0.1, -0.05) is 18.2 Å². The van der Waals surface area contributed by atoms with E-state index in [1.165, 1.54) is 12.3 Å². The summed E-state index contributed by atoms with van der Waals surface area (Å²) in [5.74, 6) is -0.258. The molecule has 3 rings (SSSR count). The van der Waals surface area contributed by atoms with Gasteiger partial charge < -0.3 is 9.88 Å². The zero-order valence-electron chi connectivity index (χ0n) is 11.6. The highest BCUT2D eigenvalue weighted by Gasteiger charge is 2.30. The average Bonchev–Trinajstić information content (AvgIpc) is 2.78. The summed E-state index contributed by atoms with van der Waals surface area (Å²) in [6, 6.07) is 8.93. The topological polar surface area (TPSA) is 75.2 Å². The van der Waals surface area contributed by atoms with E-state index in [2.05, 4.69) is 4.98 Å². The van der Waals surface area contributed by atoms with Gasteiger partial charge in [-0.3, -0.25) is 14.2 Å². The van der Waals surface area contributed by atoms with Gasteiger partial charge in [-0.25, -0.2) is 4.79 Å². The largest absolute Gasteiger partial charge is 0.328 e. The maximum absolute atomic E-state index is 12.5. The van der Waals surface area contributed by atoms with Gasteiger partial charge in [-0.05, 0) is 25.0 Å². The molecule has 6 nitrogen and oxygen atoms in total. The average molecular weight is 285 g/mol. The van der Waals surface area contributed by atoms with Crippen LogP contribution in [0.15, 0.2) is 46.1 Å². The predicted molar refractivity (Wildman–Crippen MR) is 78.4 cm³/mol. The van der Waals surface area contributed by atoms with Crippen LogP contribution in [0.2, 0.25) is 0 Å². The lowest BCUT2D eigenvalue weighted by Crippen LogP contribution is -2.43. The molecule has 0 fully saturated rings. The van der Waals surface area contributed by atoms with Crippen LogP contribution in [0.25, 0.3) is 0 Å². The fourth-order valence-corrected chi connectivity index (χ4v) is 2.76. The van der Waals surface area contributed by atoms with Gasteiger partial charge in [0.2, 0.25) is 5.91 Å². The molecule has 1 atom stereocenters. The van der Waals surface area contributed by atoms with Crippen LogP contribution >= 0.6 is 0 Å². The number of nitrogens with one attached hydrogen (secondary N) is 1. The molecule has 0 aliphatic carbocycles. The molecule has 0 unspecified atom stereocenters. The molecule has 0 saturated heterocycles. The molecule has 6 heteroatoms. The van der Waals surface area contributed by atoms with Crippen LogP contribution in [-0.2, 0) is 17.8 Å². The third kappa shape index (κ3) is 2.29. The number of rotatable bonds is 2. The minimum atomic E-state index is -0.573. The standard InChI is InChI=1S/C15H15N3O3/c1-10-8-11-4-2-3-5-12(11)18(10)14(20)9-17-13(19)6-7-16-15(17)21/h2-7,10H,8-9H2,1H3,(H,16,21)/t10-/m0/s1. The van der Waals surface area contributed by atoms with Crippen LogP contribution in [0.4, 0.5) is 5.69 Å². The van der Waals surface area contributed by atoms with Crippen LogP contribution in [0.3, 0.4) is 0 Å². The maximum Gasteiger partial charge on any atom is 0.328 e. The minimum absolute atomic E-state index is 0.0217. The lowest BCUT2D eigenvalue weighted by atomic mass is 10.1. The van der Waals surface area contributed by atoms with E-state index in [9.17, 15) is 14.4 Å². The first kappa shape index (κ1) is 13.4. The number of carbonyl (C=O) groups excluding carboxylic acids is 1. The van der Waals surface area contributed by atoms with E-state index in [4.69, 9.17) is 0 Å². The molecule has 1 aliphatic rings. The maximum atomic E-state index is 12.5. The number of amides is 1. The van der Waals surface area contributed by atoms with Crippen LogP contribution in [0, 0.1) is 0 Å². The molecule has 1 aromatic carbocycles. The number of carbonyl (C=O) groups is 1. The van der Waals surface area contributed by atoms with Crippen molar-refractivity contribution in [2.75, 3.05) is 4.90 Å². The Bertz CT molecular complexity index is 778. The van der Waals surface area contributed by atoms with E-state index >= 15 is 0 Å². The summed E-state index contributed by atoms with van der Waals surface area (Å²) in [6.45, 7) is 1.70. The van der Waals surface area contributed by atoms with Crippen molar-refractivity contribution in [1.82, 2.24) is 9.55 Å².